The van der Waals surface area contributed by atoms with Gasteiger partial charge >= 0.3 is 0 Å². The SMILES string of the molecule is CC(=O)c1nnc(Nc2nc(N3C[C@@H](C)O[C@@H](C)C3)ncc2F)cc1-c1ccc(C)cc1. The first kappa shape index (κ1) is 21.8. The second-order valence-corrected chi connectivity index (χ2v) is 8.07. The van der Waals surface area contributed by atoms with E-state index in [1.54, 1.807) is 6.07 Å². The van der Waals surface area contributed by atoms with Crippen LogP contribution < -0.4 is 10.2 Å². The van der Waals surface area contributed by atoms with Crippen LogP contribution in [0.5, 0.6) is 0 Å². The Morgan fingerprint density at radius 1 is 1.16 bits per heavy atom. The van der Waals surface area contributed by atoms with Crippen LogP contribution in [0.15, 0.2) is 36.5 Å². The molecule has 0 amide bonds. The lowest BCUT2D eigenvalue weighted by atomic mass is 10.0. The molecule has 166 valence electrons. The number of ketones is 1. The lowest BCUT2D eigenvalue weighted by Gasteiger charge is -2.35. The van der Waals surface area contributed by atoms with Gasteiger partial charge in [-0.25, -0.2) is 9.37 Å². The van der Waals surface area contributed by atoms with Crippen molar-refractivity contribution in [3.63, 3.8) is 0 Å². The molecule has 1 aliphatic rings. The summed E-state index contributed by atoms with van der Waals surface area (Å²) in [5, 5.41) is 11.0. The first-order valence-corrected chi connectivity index (χ1v) is 10.5. The van der Waals surface area contributed by atoms with Crippen LogP contribution in [-0.4, -0.2) is 51.2 Å². The van der Waals surface area contributed by atoms with Gasteiger partial charge in [0.15, 0.2) is 23.2 Å². The van der Waals surface area contributed by atoms with E-state index in [0.29, 0.717) is 24.6 Å². The maximum Gasteiger partial charge on any atom is 0.227 e. The van der Waals surface area contributed by atoms with Crippen LogP contribution in [0.1, 0.15) is 36.8 Å². The summed E-state index contributed by atoms with van der Waals surface area (Å²) < 4.78 is 20.3. The molecule has 32 heavy (non-hydrogen) atoms. The number of ether oxygens (including phenoxy) is 1. The van der Waals surface area contributed by atoms with Crippen molar-refractivity contribution in [2.24, 2.45) is 0 Å². The van der Waals surface area contributed by atoms with E-state index in [0.717, 1.165) is 17.3 Å². The molecule has 8 nitrogen and oxygen atoms in total. The fourth-order valence-electron chi connectivity index (χ4n) is 3.73. The van der Waals surface area contributed by atoms with Crippen LogP contribution in [0.2, 0.25) is 0 Å². The topological polar surface area (TPSA) is 93.1 Å². The Morgan fingerprint density at radius 3 is 2.50 bits per heavy atom. The standard InChI is InChI=1S/C23H25FN6O2/c1-13-5-7-17(8-6-13)18-9-20(28-29-21(18)16(4)31)26-22-19(24)10-25-23(27-22)30-11-14(2)32-15(3)12-30/h5-10,14-15H,11-12H2,1-4H3,(H,25,26,27,28)/t14-,15+. The average molecular weight is 436 g/mol. The number of aryl methyl sites for hydroxylation is 1. The van der Waals surface area contributed by atoms with E-state index in [1.807, 2.05) is 49.9 Å². The van der Waals surface area contributed by atoms with E-state index in [1.165, 1.54) is 6.92 Å². The van der Waals surface area contributed by atoms with Gasteiger partial charge in [0.2, 0.25) is 5.95 Å². The molecule has 4 rings (SSSR count). The van der Waals surface area contributed by atoms with Crippen molar-refractivity contribution < 1.29 is 13.9 Å². The fourth-order valence-corrected chi connectivity index (χ4v) is 3.73. The highest BCUT2D eigenvalue weighted by atomic mass is 19.1. The third-order valence-electron chi connectivity index (χ3n) is 5.17. The normalized spacial score (nSPS) is 18.5. The molecule has 1 saturated heterocycles. The summed E-state index contributed by atoms with van der Waals surface area (Å²) in [6, 6.07) is 9.40. The molecule has 2 atom stereocenters. The first-order valence-electron chi connectivity index (χ1n) is 10.5. The molecule has 0 bridgehead atoms. The molecule has 1 aromatic carbocycles. The Morgan fingerprint density at radius 2 is 1.84 bits per heavy atom. The van der Waals surface area contributed by atoms with Gasteiger partial charge in [0.1, 0.15) is 5.69 Å². The van der Waals surface area contributed by atoms with E-state index in [-0.39, 0.29) is 35.3 Å². The van der Waals surface area contributed by atoms with Gasteiger partial charge in [-0.2, -0.15) is 4.98 Å². The van der Waals surface area contributed by atoms with Crippen molar-refractivity contribution in [2.75, 3.05) is 23.3 Å². The molecule has 2 aromatic heterocycles. The summed E-state index contributed by atoms with van der Waals surface area (Å²) in [6.07, 6.45) is 1.17. The van der Waals surface area contributed by atoms with Gasteiger partial charge in [-0.1, -0.05) is 29.8 Å². The molecule has 0 spiro atoms. The third-order valence-corrected chi connectivity index (χ3v) is 5.17. The summed E-state index contributed by atoms with van der Waals surface area (Å²) in [6.45, 7) is 8.60. The van der Waals surface area contributed by atoms with Crippen LogP contribution in [0, 0.1) is 12.7 Å². The second-order valence-electron chi connectivity index (χ2n) is 8.07. The Balaban J connectivity index is 1.66. The lowest BCUT2D eigenvalue weighted by Crippen LogP contribution is -2.46. The molecule has 0 saturated carbocycles. The zero-order valence-corrected chi connectivity index (χ0v) is 18.5. The van der Waals surface area contributed by atoms with E-state index >= 15 is 0 Å². The summed E-state index contributed by atoms with van der Waals surface area (Å²) in [7, 11) is 0. The highest BCUT2D eigenvalue weighted by Gasteiger charge is 2.25. The fraction of sp³-hybridized carbons (Fsp3) is 0.348. The van der Waals surface area contributed by atoms with Gasteiger partial charge in [0.25, 0.3) is 0 Å². The molecule has 0 unspecified atom stereocenters. The molecule has 3 heterocycles. The molecule has 1 N–H and O–H groups in total. The first-order chi connectivity index (χ1) is 15.3. The van der Waals surface area contributed by atoms with Crippen LogP contribution in [0.3, 0.4) is 0 Å². The van der Waals surface area contributed by atoms with Gasteiger partial charge in [-0.05, 0) is 32.4 Å². The van der Waals surface area contributed by atoms with E-state index in [9.17, 15) is 9.18 Å². The number of morpholine rings is 1. The molecule has 1 aliphatic heterocycles. The van der Waals surface area contributed by atoms with Crippen molar-refractivity contribution in [3.8, 4) is 11.1 Å². The number of anilines is 3. The second kappa shape index (κ2) is 8.96. The van der Waals surface area contributed by atoms with E-state index < -0.39 is 5.82 Å². The number of hydrogen-bond acceptors (Lipinski definition) is 8. The van der Waals surface area contributed by atoms with Crippen molar-refractivity contribution in [2.45, 2.75) is 39.9 Å². The van der Waals surface area contributed by atoms with E-state index in [2.05, 4.69) is 25.5 Å². The molecular formula is C23H25FN6O2. The number of nitrogens with one attached hydrogen (secondary N) is 1. The number of nitrogens with zero attached hydrogens (tertiary/aromatic N) is 5. The quantitative estimate of drug-likeness (QED) is 0.601. The van der Waals surface area contributed by atoms with Crippen molar-refractivity contribution in [1.82, 2.24) is 20.2 Å². The summed E-state index contributed by atoms with van der Waals surface area (Å²) >= 11 is 0. The smallest absolute Gasteiger partial charge is 0.227 e. The van der Waals surface area contributed by atoms with Gasteiger partial charge in [0.05, 0.1) is 18.4 Å². The highest BCUT2D eigenvalue weighted by Crippen LogP contribution is 2.27. The summed E-state index contributed by atoms with van der Waals surface area (Å²) in [5.74, 6) is -0.148. The van der Waals surface area contributed by atoms with Gasteiger partial charge in [-0.3, -0.25) is 4.79 Å². The van der Waals surface area contributed by atoms with Crippen molar-refractivity contribution >= 4 is 23.4 Å². The molecule has 0 aliphatic carbocycles. The minimum absolute atomic E-state index is 0.0125. The van der Waals surface area contributed by atoms with Crippen LogP contribution >= 0.6 is 0 Å². The highest BCUT2D eigenvalue weighted by molar-refractivity contribution is 5.99. The number of carbonyl (C=O) groups excluding carboxylic acids is 1. The number of hydrogen-bond donors (Lipinski definition) is 1. The third kappa shape index (κ3) is 4.72. The van der Waals surface area contributed by atoms with Crippen LogP contribution in [-0.2, 0) is 4.74 Å². The molecule has 0 radical (unpaired) electrons. The molecule has 1 fully saturated rings. The largest absolute Gasteiger partial charge is 0.372 e. The number of halogens is 1. The number of Topliss-reactive ketones (excluding diaryl/α,β-unsaturated/α-hetero) is 1. The van der Waals surface area contributed by atoms with Crippen LogP contribution in [0.4, 0.5) is 22.0 Å². The summed E-state index contributed by atoms with van der Waals surface area (Å²) in [5.41, 5.74) is 2.78. The zero-order chi connectivity index (χ0) is 22.8. The predicted octanol–water partition coefficient (Wildman–Crippen LogP) is 3.94. The van der Waals surface area contributed by atoms with Crippen molar-refractivity contribution in [3.05, 3.63) is 53.6 Å². The number of rotatable bonds is 5. The average Bonchev–Trinajstić information content (AvgIpc) is 2.75. The van der Waals surface area contributed by atoms with Gasteiger partial charge in [-0.15, -0.1) is 10.2 Å². The predicted molar refractivity (Wildman–Crippen MR) is 120 cm³/mol. The Kier molecular flexibility index (Phi) is 6.09. The Bertz CT molecular complexity index is 1130. The lowest BCUT2D eigenvalue weighted by molar-refractivity contribution is -0.00572. The Hall–Kier alpha value is -3.46. The zero-order valence-electron chi connectivity index (χ0n) is 18.5. The molecule has 9 heteroatoms. The molecule has 3 aromatic rings. The summed E-state index contributed by atoms with van der Waals surface area (Å²) in [4.78, 5) is 22.6. The maximum atomic E-state index is 14.5. The number of aromatic nitrogens is 4. The van der Waals surface area contributed by atoms with Gasteiger partial charge < -0.3 is 15.0 Å². The van der Waals surface area contributed by atoms with Crippen molar-refractivity contribution in [1.29, 1.82) is 0 Å². The number of carbonyl (C=O) groups is 1. The molecular weight excluding hydrogens is 411 g/mol. The van der Waals surface area contributed by atoms with E-state index in [4.69, 9.17) is 4.74 Å². The monoisotopic (exact) mass is 436 g/mol. The minimum atomic E-state index is -0.613. The van der Waals surface area contributed by atoms with Gasteiger partial charge in [0, 0.05) is 25.6 Å². The van der Waals surface area contributed by atoms with Crippen LogP contribution in [0.25, 0.3) is 11.1 Å². The minimum Gasteiger partial charge on any atom is -0.372 e. The number of benzene rings is 1. The maximum absolute atomic E-state index is 14.5. The Labute approximate surface area is 185 Å².